The van der Waals surface area contributed by atoms with Crippen LogP contribution in [0.3, 0.4) is 0 Å². The number of hydrogen-bond donors (Lipinski definition) is 1. The van der Waals surface area contributed by atoms with Crippen molar-refractivity contribution in [3.8, 4) is 23.1 Å². The lowest BCUT2D eigenvalue weighted by atomic mass is 10.2. The molecule has 2 aromatic rings. The van der Waals surface area contributed by atoms with E-state index in [0.29, 0.717) is 34.7 Å². The Kier molecular flexibility index (Phi) is 5.25. The van der Waals surface area contributed by atoms with Crippen molar-refractivity contribution in [3.05, 3.63) is 41.0 Å². The highest BCUT2D eigenvalue weighted by Gasteiger charge is 2.07. The van der Waals surface area contributed by atoms with Gasteiger partial charge in [0, 0.05) is 37.0 Å². The Labute approximate surface area is 128 Å². The minimum atomic E-state index is 0.458. The summed E-state index contributed by atoms with van der Waals surface area (Å²) in [6.45, 7) is 0.638. The third kappa shape index (κ3) is 4.00. The summed E-state index contributed by atoms with van der Waals surface area (Å²) in [6.07, 6.45) is 1.57. The maximum absolute atomic E-state index is 6.08. The van der Waals surface area contributed by atoms with Crippen LogP contribution in [0, 0.1) is 0 Å². The van der Waals surface area contributed by atoms with Crippen LogP contribution < -0.4 is 19.5 Å². The number of hydrogen-bond acceptors (Lipinski definition) is 5. The molecular weight excluding hydrogens is 292 g/mol. The molecule has 5 nitrogen and oxygen atoms in total. The van der Waals surface area contributed by atoms with Crippen LogP contribution in [-0.4, -0.2) is 26.3 Å². The van der Waals surface area contributed by atoms with Crippen LogP contribution in [0.2, 0.25) is 5.02 Å². The van der Waals surface area contributed by atoms with Crippen molar-refractivity contribution >= 4 is 11.6 Å². The van der Waals surface area contributed by atoms with Crippen molar-refractivity contribution in [2.75, 3.05) is 21.3 Å². The number of benzene rings is 1. The summed E-state index contributed by atoms with van der Waals surface area (Å²) in [7, 11) is 5.03. The van der Waals surface area contributed by atoms with Crippen LogP contribution >= 0.6 is 11.6 Å². The Morgan fingerprint density at radius 3 is 2.24 bits per heavy atom. The zero-order chi connectivity index (χ0) is 15.2. The maximum Gasteiger partial charge on any atom is 0.219 e. The monoisotopic (exact) mass is 308 g/mol. The van der Waals surface area contributed by atoms with E-state index in [1.165, 1.54) is 0 Å². The minimum absolute atomic E-state index is 0.458. The summed E-state index contributed by atoms with van der Waals surface area (Å²) in [4.78, 5) is 4.16. The van der Waals surface area contributed by atoms with Crippen molar-refractivity contribution < 1.29 is 14.2 Å². The molecule has 0 saturated carbocycles. The zero-order valence-electron chi connectivity index (χ0n) is 12.1. The van der Waals surface area contributed by atoms with Gasteiger partial charge in [-0.3, -0.25) is 0 Å². The number of methoxy groups -OCH3 is 2. The van der Waals surface area contributed by atoms with E-state index in [0.717, 1.165) is 5.56 Å². The Morgan fingerprint density at radius 1 is 1.05 bits per heavy atom. The van der Waals surface area contributed by atoms with Gasteiger partial charge in [0.15, 0.2) is 0 Å². The van der Waals surface area contributed by atoms with E-state index in [1.54, 1.807) is 44.7 Å². The van der Waals surface area contributed by atoms with Crippen molar-refractivity contribution in [2.45, 2.75) is 6.54 Å². The second-order valence-electron chi connectivity index (χ2n) is 4.29. The molecule has 1 aromatic carbocycles. The zero-order valence-corrected chi connectivity index (χ0v) is 12.9. The minimum Gasteiger partial charge on any atom is -0.496 e. The molecule has 0 fully saturated rings. The average Bonchev–Trinajstić information content (AvgIpc) is 2.50. The van der Waals surface area contributed by atoms with Gasteiger partial charge in [0.25, 0.3) is 0 Å². The molecule has 0 atom stereocenters. The molecule has 0 aliphatic rings. The van der Waals surface area contributed by atoms with Gasteiger partial charge >= 0.3 is 0 Å². The summed E-state index contributed by atoms with van der Waals surface area (Å²) in [5.41, 5.74) is 0.916. The Hall–Kier alpha value is -1.98. The molecule has 0 saturated heterocycles. The summed E-state index contributed by atoms with van der Waals surface area (Å²) in [5.74, 6) is 2.33. The fourth-order valence-corrected chi connectivity index (χ4v) is 1.97. The average molecular weight is 309 g/mol. The molecular formula is C15H17ClN2O3. The number of nitrogens with zero attached hydrogens (tertiary/aromatic N) is 1. The first-order valence-electron chi connectivity index (χ1n) is 6.36. The molecule has 6 heteroatoms. The molecule has 112 valence electrons. The summed E-state index contributed by atoms with van der Waals surface area (Å²) >= 11 is 6.08. The summed E-state index contributed by atoms with van der Waals surface area (Å²) in [5, 5.41) is 3.64. The lowest BCUT2D eigenvalue weighted by molar-refractivity contribution is 0.385. The lowest BCUT2D eigenvalue weighted by Gasteiger charge is -2.10. The maximum atomic E-state index is 6.08. The van der Waals surface area contributed by atoms with Crippen LogP contribution in [-0.2, 0) is 6.54 Å². The van der Waals surface area contributed by atoms with Gasteiger partial charge in [0.1, 0.15) is 17.2 Å². The first kappa shape index (κ1) is 15.4. The van der Waals surface area contributed by atoms with Crippen molar-refractivity contribution in [1.29, 1.82) is 0 Å². The number of rotatable bonds is 6. The van der Waals surface area contributed by atoms with Gasteiger partial charge in [0.2, 0.25) is 5.88 Å². The van der Waals surface area contributed by atoms with E-state index >= 15 is 0 Å². The molecule has 1 N–H and O–H groups in total. The van der Waals surface area contributed by atoms with E-state index in [-0.39, 0.29) is 0 Å². The number of nitrogens with one attached hydrogen (secondary N) is 1. The van der Waals surface area contributed by atoms with Gasteiger partial charge < -0.3 is 19.5 Å². The number of pyridine rings is 1. The second-order valence-corrected chi connectivity index (χ2v) is 4.70. The Morgan fingerprint density at radius 2 is 1.67 bits per heavy atom. The van der Waals surface area contributed by atoms with Gasteiger partial charge in [-0.1, -0.05) is 11.6 Å². The van der Waals surface area contributed by atoms with Gasteiger partial charge in [0.05, 0.1) is 19.2 Å². The van der Waals surface area contributed by atoms with Crippen LogP contribution in [0.25, 0.3) is 0 Å². The molecule has 0 aliphatic heterocycles. The molecule has 1 heterocycles. The highest BCUT2D eigenvalue weighted by Crippen LogP contribution is 2.31. The third-order valence-electron chi connectivity index (χ3n) is 2.82. The Bertz CT molecular complexity index is 598. The van der Waals surface area contributed by atoms with Crippen molar-refractivity contribution in [1.82, 2.24) is 10.3 Å². The smallest absolute Gasteiger partial charge is 0.219 e. The van der Waals surface area contributed by atoms with E-state index < -0.39 is 0 Å². The number of ether oxygens (including phenoxy) is 3. The highest BCUT2D eigenvalue weighted by atomic mass is 35.5. The van der Waals surface area contributed by atoms with Gasteiger partial charge in [-0.15, -0.1) is 0 Å². The predicted molar refractivity (Wildman–Crippen MR) is 81.6 cm³/mol. The van der Waals surface area contributed by atoms with E-state index in [2.05, 4.69) is 10.3 Å². The van der Waals surface area contributed by atoms with E-state index in [9.17, 15) is 0 Å². The predicted octanol–water partition coefficient (Wildman–Crippen LogP) is 3.26. The SMILES string of the molecule is CNCc1cc(Oc2cc(OC)cc(OC)c2)ncc1Cl. The topological polar surface area (TPSA) is 52.6 Å². The molecule has 0 aliphatic carbocycles. The largest absolute Gasteiger partial charge is 0.496 e. The van der Waals surface area contributed by atoms with Crippen LogP contribution in [0.15, 0.2) is 30.5 Å². The van der Waals surface area contributed by atoms with Gasteiger partial charge in [-0.05, 0) is 12.6 Å². The number of aromatic nitrogens is 1. The molecule has 2 rings (SSSR count). The molecule has 1 aromatic heterocycles. The lowest BCUT2D eigenvalue weighted by Crippen LogP contribution is -2.06. The van der Waals surface area contributed by atoms with Gasteiger partial charge in [-0.25, -0.2) is 4.98 Å². The standard InChI is InChI=1S/C15H17ClN2O3/c1-17-8-10-4-15(18-9-14(10)16)21-13-6-11(19-2)5-12(7-13)20-3/h4-7,9,17H,8H2,1-3H3. The molecule has 21 heavy (non-hydrogen) atoms. The fraction of sp³-hybridized carbons (Fsp3) is 0.267. The molecule has 0 radical (unpaired) electrons. The van der Waals surface area contributed by atoms with E-state index in [1.807, 2.05) is 7.05 Å². The van der Waals surface area contributed by atoms with Gasteiger partial charge in [-0.2, -0.15) is 0 Å². The third-order valence-corrected chi connectivity index (χ3v) is 3.16. The van der Waals surface area contributed by atoms with Crippen molar-refractivity contribution in [3.63, 3.8) is 0 Å². The number of halogens is 1. The van der Waals surface area contributed by atoms with Crippen LogP contribution in [0.4, 0.5) is 0 Å². The summed E-state index contributed by atoms with van der Waals surface area (Å²) < 4.78 is 16.2. The van der Waals surface area contributed by atoms with Crippen molar-refractivity contribution in [2.24, 2.45) is 0 Å². The van der Waals surface area contributed by atoms with Crippen LogP contribution in [0.5, 0.6) is 23.1 Å². The normalized spacial score (nSPS) is 10.3. The van der Waals surface area contributed by atoms with E-state index in [4.69, 9.17) is 25.8 Å². The quantitative estimate of drug-likeness (QED) is 0.887. The molecule has 0 amide bonds. The van der Waals surface area contributed by atoms with Crippen LogP contribution in [0.1, 0.15) is 5.56 Å². The summed E-state index contributed by atoms with van der Waals surface area (Å²) in [6, 6.07) is 7.09. The first-order valence-corrected chi connectivity index (χ1v) is 6.74. The molecule has 0 unspecified atom stereocenters. The Balaban J connectivity index is 2.27. The highest BCUT2D eigenvalue weighted by molar-refractivity contribution is 6.31. The first-order chi connectivity index (χ1) is 10.2. The molecule has 0 bridgehead atoms. The molecule has 0 spiro atoms. The second kappa shape index (κ2) is 7.15. The fourth-order valence-electron chi connectivity index (χ4n) is 1.80.